The van der Waals surface area contributed by atoms with Gasteiger partial charge in [0, 0.05) is 6.21 Å². The molecule has 0 saturated carbocycles. The molecule has 2 aliphatic rings. The molecule has 3 rings (SSSR count). The summed E-state index contributed by atoms with van der Waals surface area (Å²) in [6.07, 6.45) is 6.35. The predicted octanol–water partition coefficient (Wildman–Crippen LogP) is 1.40. The summed E-state index contributed by atoms with van der Waals surface area (Å²) in [5, 5.41) is 0. The van der Waals surface area contributed by atoms with Gasteiger partial charge in [0.15, 0.2) is 0 Å². The van der Waals surface area contributed by atoms with Gasteiger partial charge in [0.25, 0.3) is 0 Å². The molecule has 1 atom stereocenters. The lowest BCUT2D eigenvalue weighted by Crippen LogP contribution is -2.45. The third-order valence-corrected chi connectivity index (χ3v) is 2.74. The summed E-state index contributed by atoms with van der Waals surface area (Å²) in [6.45, 7) is 0.0928. The molecule has 0 aliphatic carbocycles. The van der Waals surface area contributed by atoms with E-state index < -0.39 is 11.9 Å². The molecule has 3 heterocycles. The Labute approximate surface area is 102 Å². The van der Waals surface area contributed by atoms with Crippen molar-refractivity contribution >= 4 is 24.0 Å². The Bertz CT molecular complexity index is 584. The standard InChI is InChI=1S/C12H9N3O3/c16-11-9-4-1-5-13-10(9)14-12(17)15(11)7-8-3-2-6-18-8/h1-6,9H,7H2. The van der Waals surface area contributed by atoms with Crippen LogP contribution in [0.3, 0.4) is 0 Å². The van der Waals surface area contributed by atoms with Gasteiger partial charge in [0.2, 0.25) is 5.91 Å². The van der Waals surface area contributed by atoms with Crippen molar-refractivity contribution in [2.45, 2.75) is 6.54 Å². The van der Waals surface area contributed by atoms with E-state index >= 15 is 0 Å². The number of fused-ring (bicyclic) bond motifs is 1. The number of hydrogen-bond donors (Lipinski definition) is 0. The quantitative estimate of drug-likeness (QED) is 0.787. The summed E-state index contributed by atoms with van der Waals surface area (Å²) in [6, 6.07) is 2.80. The number of allylic oxidation sites excluding steroid dienone is 1. The van der Waals surface area contributed by atoms with Crippen molar-refractivity contribution in [2.24, 2.45) is 15.9 Å². The zero-order valence-corrected chi connectivity index (χ0v) is 9.31. The molecule has 0 bridgehead atoms. The number of hydrogen-bond acceptors (Lipinski definition) is 4. The molecule has 0 fully saturated rings. The Kier molecular flexibility index (Phi) is 2.40. The van der Waals surface area contributed by atoms with Gasteiger partial charge in [-0.1, -0.05) is 6.08 Å². The molecule has 1 unspecified atom stereocenters. The van der Waals surface area contributed by atoms with Crippen LogP contribution in [-0.2, 0) is 11.3 Å². The molecule has 1 aromatic rings. The molecule has 6 nitrogen and oxygen atoms in total. The van der Waals surface area contributed by atoms with Crippen LogP contribution in [-0.4, -0.2) is 28.9 Å². The summed E-state index contributed by atoms with van der Waals surface area (Å²) in [5.74, 6) is -0.0982. The normalized spacial score (nSPS) is 22.1. The van der Waals surface area contributed by atoms with Crippen LogP contribution in [0.1, 0.15) is 5.76 Å². The molecule has 0 radical (unpaired) electrons. The third kappa shape index (κ3) is 1.67. The molecule has 1 aromatic heterocycles. The Morgan fingerprint density at radius 2 is 2.28 bits per heavy atom. The van der Waals surface area contributed by atoms with E-state index in [1.807, 2.05) is 0 Å². The number of amidine groups is 1. The van der Waals surface area contributed by atoms with Gasteiger partial charge in [-0.15, -0.1) is 0 Å². The molecular formula is C12H9N3O3. The molecule has 0 spiro atoms. The maximum atomic E-state index is 12.2. The minimum absolute atomic E-state index is 0.0928. The highest BCUT2D eigenvalue weighted by molar-refractivity contribution is 6.19. The van der Waals surface area contributed by atoms with Crippen molar-refractivity contribution < 1.29 is 14.0 Å². The van der Waals surface area contributed by atoms with Gasteiger partial charge in [0.1, 0.15) is 17.5 Å². The van der Waals surface area contributed by atoms with Crippen molar-refractivity contribution in [3.8, 4) is 0 Å². The van der Waals surface area contributed by atoms with Crippen molar-refractivity contribution in [3.63, 3.8) is 0 Å². The van der Waals surface area contributed by atoms with Crippen LogP contribution in [0.4, 0.5) is 4.79 Å². The summed E-state index contributed by atoms with van der Waals surface area (Å²) in [7, 11) is 0. The lowest BCUT2D eigenvalue weighted by molar-refractivity contribution is -0.130. The first-order valence-corrected chi connectivity index (χ1v) is 5.43. The van der Waals surface area contributed by atoms with E-state index in [2.05, 4.69) is 9.98 Å². The summed E-state index contributed by atoms with van der Waals surface area (Å²) >= 11 is 0. The van der Waals surface area contributed by atoms with Crippen molar-refractivity contribution in [3.05, 3.63) is 36.3 Å². The second-order valence-corrected chi connectivity index (χ2v) is 3.90. The van der Waals surface area contributed by atoms with Crippen LogP contribution in [0, 0.1) is 5.92 Å². The molecular weight excluding hydrogens is 234 g/mol. The number of aliphatic imine (C=N–C) groups is 2. The fraction of sp³-hybridized carbons (Fsp3) is 0.167. The van der Waals surface area contributed by atoms with E-state index in [1.54, 1.807) is 24.3 Å². The number of amides is 3. The van der Waals surface area contributed by atoms with Gasteiger partial charge in [-0.2, -0.15) is 4.99 Å². The van der Waals surface area contributed by atoms with Gasteiger partial charge in [0.05, 0.1) is 12.8 Å². The molecule has 18 heavy (non-hydrogen) atoms. The summed E-state index contributed by atoms with van der Waals surface area (Å²) in [4.78, 5) is 32.7. The van der Waals surface area contributed by atoms with Crippen LogP contribution >= 0.6 is 0 Å². The summed E-state index contributed by atoms with van der Waals surface area (Å²) in [5.41, 5.74) is 0. The predicted molar refractivity (Wildman–Crippen MR) is 63.2 cm³/mol. The Hall–Kier alpha value is -2.50. The number of urea groups is 1. The van der Waals surface area contributed by atoms with E-state index in [1.165, 1.54) is 12.5 Å². The number of rotatable bonds is 2. The van der Waals surface area contributed by atoms with Gasteiger partial charge >= 0.3 is 6.03 Å². The lowest BCUT2D eigenvalue weighted by atomic mass is 10.0. The highest BCUT2D eigenvalue weighted by Gasteiger charge is 2.36. The van der Waals surface area contributed by atoms with E-state index in [-0.39, 0.29) is 18.3 Å². The number of furan rings is 1. The molecule has 0 aromatic carbocycles. The van der Waals surface area contributed by atoms with Crippen LogP contribution in [0.2, 0.25) is 0 Å². The number of dihydropyridines is 1. The van der Waals surface area contributed by atoms with E-state index in [9.17, 15) is 9.59 Å². The van der Waals surface area contributed by atoms with Crippen molar-refractivity contribution in [1.82, 2.24) is 4.90 Å². The van der Waals surface area contributed by atoms with Crippen LogP contribution < -0.4 is 0 Å². The number of carbonyl (C=O) groups is 2. The highest BCUT2D eigenvalue weighted by Crippen LogP contribution is 2.20. The SMILES string of the molecule is O=C1N=C2N=CC=CC2C(=O)N1Cc1ccco1. The topological polar surface area (TPSA) is 75.2 Å². The smallest absolute Gasteiger partial charge is 0.352 e. The zero-order chi connectivity index (χ0) is 12.5. The second-order valence-electron chi connectivity index (χ2n) is 3.90. The first kappa shape index (κ1) is 10.6. The van der Waals surface area contributed by atoms with Crippen molar-refractivity contribution in [1.29, 1.82) is 0 Å². The average Bonchev–Trinajstić information content (AvgIpc) is 2.87. The maximum Gasteiger partial charge on any atom is 0.352 e. The van der Waals surface area contributed by atoms with Crippen LogP contribution in [0.25, 0.3) is 0 Å². The van der Waals surface area contributed by atoms with Gasteiger partial charge in [-0.25, -0.2) is 9.79 Å². The molecule has 90 valence electrons. The fourth-order valence-corrected chi connectivity index (χ4v) is 1.86. The first-order chi connectivity index (χ1) is 8.75. The van der Waals surface area contributed by atoms with Crippen molar-refractivity contribution in [2.75, 3.05) is 0 Å². The Balaban J connectivity index is 1.90. The number of imide groups is 1. The molecule has 0 saturated heterocycles. The van der Waals surface area contributed by atoms with Gasteiger partial charge in [-0.3, -0.25) is 9.69 Å². The fourth-order valence-electron chi connectivity index (χ4n) is 1.86. The first-order valence-electron chi connectivity index (χ1n) is 5.43. The largest absolute Gasteiger partial charge is 0.467 e. The third-order valence-electron chi connectivity index (χ3n) is 2.74. The number of carbonyl (C=O) groups excluding carboxylic acids is 2. The maximum absolute atomic E-state index is 12.2. The molecule has 0 N–H and O–H groups in total. The Morgan fingerprint density at radius 3 is 3.06 bits per heavy atom. The zero-order valence-electron chi connectivity index (χ0n) is 9.31. The Morgan fingerprint density at radius 1 is 1.39 bits per heavy atom. The molecule has 6 heteroatoms. The number of nitrogens with zero attached hydrogens (tertiary/aromatic N) is 3. The average molecular weight is 243 g/mol. The van der Waals surface area contributed by atoms with Gasteiger partial charge < -0.3 is 4.42 Å². The van der Waals surface area contributed by atoms with Crippen LogP contribution in [0.5, 0.6) is 0 Å². The monoisotopic (exact) mass is 243 g/mol. The second kappa shape index (κ2) is 4.06. The van der Waals surface area contributed by atoms with E-state index in [0.29, 0.717) is 5.76 Å². The van der Waals surface area contributed by atoms with E-state index in [0.717, 1.165) is 4.90 Å². The van der Waals surface area contributed by atoms with Crippen LogP contribution in [0.15, 0.2) is 44.9 Å². The summed E-state index contributed by atoms with van der Waals surface area (Å²) < 4.78 is 5.13. The van der Waals surface area contributed by atoms with Gasteiger partial charge in [-0.05, 0) is 18.2 Å². The highest BCUT2D eigenvalue weighted by atomic mass is 16.3. The minimum atomic E-state index is -0.602. The molecule has 3 amide bonds. The van der Waals surface area contributed by atoms with E-state index in [4.69, 9.17) is 4.42 Å². The minimum Gasteiger partial charge on any atom is -0.467 e. The lowest BCUT2D eigenvalue weighted by Gasteiger charge is -2.26. The molecule has 2 aliphatic heterocycles.